The highest BCUT2D eigenvalue weighted by atomic mass is 16.5. The van der Waals surface area contributed by atoms with Crippen molar-refractivity contribution in [1.29, 1.82) is 0 Å². The Morgan fingerprint density at radius 3 is 3.08 bits per heavy atom. The zero-order valence-corrected chi connectivity index (χ0v) is 7.53. The van der Waals surface area contributed by atoms with Gasteiger partial charge in [0.1, 0.15) is 0 Å². The molecule has 2 nitrogen and oxygen atoms in total. The minimum Gasteiger partial charge on any atom is -0.377 e. The van der Waals surface area contributed by atoms with Crippen molar-refractivity contribution < 1.29 is 9.53 Å². The third-order valence-corrected chi connectivity index (χ3v) is 2.56. The number of Topliss-reactive ketones (excluding diaryl/α,β-unsaturated/α-hetero) is 1. The van der Waals surface area contributed by atoms with Crippen molar-refractivity contribution in [2.45, 2.75) is 25.4 Å². The van der Waals surface area contributed by atoms with E-state index in [-0.39, 0.29) is 17.8 Å². The molecule has 0 aromatic rings. The standard InChI is InChI=1S/C11H13O2/c12-10-6-2-1-5-9(10)11-7-3-4-8-13-11/h1-2,5,9,11H,3-4,7-8H2. The zero-order valence-electron chi connectivity index (χ0n) is 7.53. The Labute approximate surface area is 78.3 Å². The first kappa shape index (κ1) is 8.70. The Kier molecular flexibility index (Phi) is 2.60. The van der Waals surface area contributed by atoms with Gasteiger partial charge in [-0.1, -0.05) is 18.2 Å². The summed E-state index contributed by atoms with van der Waals surface area (Å²) in [6, 6.07) is 0. The van der Waals surface area contributed by atoms with Gasteiger partial charge in [0.25, 0.3) is 0 Å². The van der Waals surface area contributed by atoms with Crippen LogP contribution >= 0.6 is 0 Å². The Morgan fingerprint density at radius 2 is 2.38 bits per heavy atom. The number of ketones is 1. The molecule has 0 aromatic heterocycles. The van der Waals surface area contributed by atoms with E-state index in [1.807, 2.05) is 12.2 Å². The lowest BCUT2D eigenvalue weighted by molar-refractivity contribution is -0.123. The number of hydrogen-bond acceptors (Lipinski definition) is 2. The van der Waals surface area contributed by atoms with Crippen molar-refractivity contribution in [1.82, 2.24) is 0 Å². The molecule has 2 aliphatic rings. The van der Waals surface area contributed by atoms with E-state index < -0.39 is 0 Å². The van der Waals surface area contributed by atoms with Crippen LogP contribution in [0.4, 0.5) is 0 Å². The van der Waals surface area contributed by atoms with Crippen LogP contribution in [-0.4, -0.2) is 18.5 Å². The molecule has 13 heavy (non-hydrogen) atoms. The molecule has 1 heterocycles. The third kappa shape index (κ3) is 1.89. The molecule has 69 valence electrons. The second-order valence-electron chi connectivity index (χ2n) is 3.49. The fraction of sp³-hybridized carbons (Fsp3) is 0.545. The van der Waals surface area contributed by atoms with Crippen LogP contribution < -0.4 is 0 Å². The van der Waals surface area contributed by atoms with Crippen molar-refractivity contribution in [2.75, 3.05) is 6.61 Å². The SMILES string of the molecule is O=C1[C]=CC=CC1C1CCCCO1. The zero-order chi connectivity index (χ0) is 9.10. The number of allylic oxidation sites excluding steroid dienone is 3. The number of carbonyl (C=O) groups is 1. The Balaban J connectivity index is 2.02. The predicted molar refractivity (Wildman–Crippen MR) is 49.0 cm³/mol. The van der Waals surface area contributed by atoms with Crippen LogP contribution in [0.5, 0.6) is 0 Å². The van der Waals surface area contributed by atoms with Crippen LogP contribution in [-0.2, 0) is 9.53 Å². The van der Waals surface area contributed by atoms with Gasteiger partial charge in [-0.2, -0.15) is 0 Å². The number of ether oxygens (including phenoxy) is 1. The molecule has 0 N–H and O–H groups in total. The lowest BCUT2D eigenvalue weighted by atomic mass is 9.89. The van der Waals surface area contributed by atoms with Gasteiger partial charge in [-0.3, -0.25) is 4.79 Å². The van der Waals surface area contributed by atoms with Gasteiger partial charge in [-0.15, -0.1) is 0 Å². The van der Waals surface area contributed by atoms with E-state index in [9.17, 15) is 4.79 Å². The average Bonchev–Trinajstić information content (AvgIpc) is 2.20. The molecular formula is C11H13O2. The summed E-state index contributed by atoms with van der Waals surface area (Å²) in [4.78, 5) is 11.4. The highest BCUT2D eigenvalue weighted by Gasteiger charge is 2.27. The van der Waals surface area contributed by atoms with Crippen LogP contribution in [0.2, 0.25) is 0 Å². The van der Waals surface area contributed by atoms with Crippen molar-refractivity contribution in [3.63, 3.8) is 0 Å². The van der Waals surface area contributed by atoms with E-state index in [2.05, 4.69) is 6.08 Å². The molecule has 0 spiro atoms. The summed E-state index contributed by atoms with van der Waals surface area (Å²) >= 11 is 0. The maximum atomic E-state index is 11.4. The van der Waals surface area contributed by atoms with Gasteiger partial charge in [0.05, 0.1) is 12.0 Å². The van der Waals surface area contributed by atoms with Gasteiger partial charge in [-0.05, 0) is 19.3 Å². The molecule has 0 saturated carbocycles. The third-order valence-electron chi connectivity index (χ3n) is 2.56. The molecule has 1 radical (unpaired) electrons. The fourth-order valence-corrected chi connectivity index (χ4v) is 1.83. The van der Waals surface area contributed by atoms with Crippen molar-refractivity contribution in [2.24, 2.45) is 5.92 Å². The predicted octanol–water partition coefficient (Wildman–Crippen LogP) is 1.67. The number of rotatable bonds is 1. The summed E-state index contributed by atoms with van der Waals surface area (Å²) in [6.45, 7) is 0.798. The quantitative estimate of drug-likeness (QED) is 0.609. The summed E-state index contributed by atoms with van der Waals surface area (Å²) in [5.74, 6) is -0.0142. The van der Waals surface area contributed by atoms with Crippen molar-refractivity contribution in [3.8, 4) is 0 Å². The van der Waals surface area contributed by atoms with Crippen molar-refractivity contribution >= 4 is 5.78 Å². The van der Waals surface area contributed by atoms with E-state index in [0.29, 0.717) is 0 Å². The summed E-state index contributed by atoms with van der Waals surface area (Å²) in [7, 11) is 0. The Morgan fingerprint density at radius 1 is 1.46 bits per heavy atom. The first-order chi connectivity index (χ1) is 6.38. The van der Waals surface area contributed by atoms with E-state index in [1.54, 1.807) is 6.08 Å². The second-order valence-corrected chi connectivity index (χ2v) is 3.49. The van der Waals surface area contributed by atoms with Gasteiger partial charge in [-0.25, -0.2) is 0 Å². The minimum absolute atomic E-state index is 0.0643. The molecule has 2 rings (SSSR count). The first-order valence-electron chi connectivity index (χ1n) is 4.80. The highest BCUT2D eigenvalue weighted by Crippen LogP contribution is 2.23. The monoisotopic (exact) mass is 177 g/mol. The summed E-state index contributed by atoms with van der Waals surface area (Å²) in [5.41, 5.74) is 0. The van der Waals surface area contributed by atoms with E-state index in [0.717, 1.165) is 19.4 Å². The van der Waals surface area contributed by atoms with Crippen LogP contribution in [0.25, 0.3) is 0 Å². The lowest BCUT2D eigenvalue weighted by Crippen LogP contribution is -2.32. The smallest absolute Gasteiger partial charge is 0.173 e. The highest BCUT2D eigenvalue weighted by molar-refractivity contribution is 5.91. The normalized spacial score (nSPS) is 33.7. The molecule has 2 heteroatoms. The van der Waals surface area contributed by atoms with E-state index in [4.69, 9.17) is 4.74 Å². The molecule has 2 atom stereocenters. The maximum absolute atomic E-state index is 11.4. The largest absolute Gasteiger partial charge is 0.377 e. The lowest BCUT2D eigenvalue weighted by Gasteiger charge is -2.27. The Hall–Kier alpha value is -0.890. The van der Waals surface area contributed by atoms with Crippen LogP contribution in [0.15, 0.2) is 18.2 Å². The molecule has 1 aliphatic heterocycles. The average molecular weight is 177 g/mol. The molecule has 1 aliphatic carbocycles. The second kappa shape index (κ2) is 3.88. The van der Waals surface area contributed by atoms with E-state index >= 15 is 0 Å². The fourth-order valence-electron chi connectivity index (χ4n) is 1.83. The van der Waals surface area contributed by atoms with Gasteiger partial charge in [0.15, 0.2) is 5.78 Å². The van der Waals surface area contributed by atoms with Crippen LogP contribution in [0.3, 0.4) is 0 Å². The number of carbonyl (C=O) groups excluding carboxylic acids is 1. The van der Waals surface area contributed by atoms with E-state index in [1.165, 1.54) is 6.42 Å². The summed E-state index contributed by atoms with van der Waals surface area (Å²) < 4.78 is 5.56. The molecule has 2 unspecified atom stereocenters. The molecule has 1 saturated heterocycles. The molecule has 0 aromatic carbocycles. The van der Waals surface area contributed by atoms with Crippen LogP contribution in [0.1, 0.15) is 19.3 Å². The van der Waals surface area contributed by atoms with Crippen molar-refractivity contribution in [3.05, 3.63) is 24.3 Å². The Bertz CT molecular complexity index is 247. The van der Waals surface area contributed by atoms with Gasteiger partial charge in [0, 0.05) is 12.7 Å². The first-order valence-corrected chi connectivity index (χ1v) is 4.80. The number of hydrogen-bond donors (Lipinski definition) is 0. The van der Waals surface area contributed by atoms with Gasteiger partial charge in [0.2, 0.25) is 0 Å². The van der Waals surface area contributed by atoms with Gasteiger partial charge < -0.3 is 4.74 Å². The molecule has 1 fully saturated rings. The molecule has 0 bridgehead atoms. The minimum atomic E-state index is -0.0784. The summed E-state index contributed by atoms with van der Waals surface area (Å²) in [6.07, 6.45) is 11.6. The van der Waals surface area contributed by atoms with Crippen LogP contribution in [0, 0.1) is 12.0 Å². The molecule has 0 amide bonds. The topological polar surface area (TPSA) is 26.3 Å². The van der Waals surface area contributed by atoms with Gasteiger partial charge >= 0.3 is 0 Å². The summed E-state index contributed by atoms with van der Waals surface area (Å²) in [5, 5.41) is 0. The molecular weight excluding hydrogens is 164 g/mol. The maximum Gasteiger partial charge on any atom is 0.173 e.